The summed E-state index contributed by atoms with van der Waals surface area (Å²) in [6.45, 7) is 30.6. The van der Waals surface area contributed by atoms with E-state index in [-0.39, 0.29) is 46.1 Å². The summed E-state index contributed by atoms with van der Waals surface area (Å²) in [5.41, 5.74) is 10.3. The van der Waals surface area contributed by atoms with Crippen LogP contribution in [0.2, 0.25) is 78.6 Å². The van der Waals surface area contributed by atoms with Crippen molar-refractivity contribution in [2.24, 2.45) is 0 Å². The summed E-state index contributed by atoms with van der Waals surface area (Å²) in [7, 11) is -16.9. The Bertz CT molecular complexity index is 3200. The summed E-state index contributed by atoms with van der Waals surface area (Å²) >= 11 is 0. The van der Waals surface area contributed by atoms with E-state index >= 15 is 0 Å². The van der Waals surface area contributed by atoms with Gasteiger partial charge in [0, 0.05) is 21.2 Å². The fourth-order valence-corrected chi connectivity index (χ4v) is 44.6. The molecule has 0 aromatic heterocycles. The van der Waals surface area contributed by atoms with Gasteiger partial charge in [-0.2, -0.15) is 0 Å². The van der Waals surface area contributed by atoms with Gasteiger partial charge in [0.15, 0.2) is 0 Å². The third-order valence-corrected chi connectivity index (χ3v) is 41.0. The van der Waals surface area contributed by atoms with Crippen LogP contribution in [0.3, 0.4) is 0 Å². The minimum Gasteiger partial charge on any atom is -0.658 e. The Morgan fingerprint density at radius 3 is 0.578 bits per heavy atom. The van der Waals surface area contributed by atoms with E-state index in [0.717, 1.165) is 0 Å². The molecule has 0 amide bonds. The average Bonchev–Trinajstić information content (AvgIpc) is 3.04. The maximum absolute atomic E-state index is 5.89. The Labute approximate surface area is 538 Å². The maximum Gasteiger partial charge on any atom is 2.00 e. The Morgan fingerprint density at radius 1 is 0.265 bits per heavy atom. The second-order valence-electron chi connectivity index (χ2n) is 24.4. The Hall–Kier alpha value is -3.64. The molecular formula is C69H86Mg2N4P4Si4+2. The topological polar surface area (TPSA) is 56.1 Å². The van der Waals surface area contributed by atoms with Gasteiger partial charge < -0.3 is 43.5 Å². The number of aryl methyl sites for hydroxylation is 1. The van der Waals surface area contributed by atoms with Crippen LogP contribution >= 0.6 is 28.2 Å². The molecule has 83 heavy (non-hydrogen) atoms. The quantitative estimate of drug-likeness (QED) is 0.0550. The van der Waals surface area contributed by atoms with E-state index < -0.39 is 61.1 Å². The van der Waals surface area contributed by atoms with Gasteiger partial charge in [0.1, 0.15) is 0 Å². The number of nitrogens with one attached hydrogen (secondary N) is 2. The summed E-state index contributed by atoms with van der Waals surface area (Å²) in [6.07, 6.45) is 0. The van der Waals surface area contributed by atoms with Crippen molar-refractivity contribution in [3.8, 4) is 0 Å². The van der Waals surface area contributed by atoms with E-state index in [2.05, 4.69) is 360 Å². The van der Waals surface area contributed by atoms with Crippen molar-refractivity contribution in [1.29, 1.82) is 0 Å². The summed E-state index contributed by atoms with van der Waals surface area (Å²) in [5.74, 6) is 0. The van der Waals surface area contributed by atoms with Gasteiger partial charge in [-0.1, -0.05) is 356 Å². The number of hydrogen-bond donors (Lipinski definition) is 2. The van der Waals surface area contributed by atoms with Crippen LogP contribution in [-0.2, 0) is 0 Å². The molecule has 0 bridgehead atoms. The Morgan fingerprint density at radius 2 is 0.434 bits per heavy atom. The van der Waals surface area contributed by atoms with Crippen LogP contribution in [0, 0.1) is 6.92 Å². The molecule has 0 saturated heterocycles. The summed E-state index contributed by atoms with van der Waals surface area (Å²) in [6, 6.07) is 98.3. The molecule has 0 aliphatic rings. The number of rotatable bonds is 16. The second-order valence-corrected chi connectivity index (χ2v) is 56.4. The molecule has 420 valence electrons. The van der Waals surface area contributed by atoms with Crippen molar-refractivity contribution < 1.29 is 8.82 Å². The van der Waals surface area contributed by atoms with Crippen LogP contribution in [0.1, 0.15) is 5.56 Å². The monoisotopic (exact) mass is 1250 g/mol. The SMILES string of the molecule is C[Si](C)(C)[N-]P(=[C-]P(=[NH+][Si](C)(C)C)(c1ccccc1)c1ccccc1)(c1ccccc1)c1ccccc1.C[Si](C)(C)[N-]P(=[C-]P(=[NH+][Si](C)(C)C)(c1ccccc1)c1ccccc1)(c1ccccc1)c1ccccc1.Cc1ccccc1.[Mg+2].[Mg+2]. The van der Waals surface area contributed by atoms with Gasteiger partial charge in [0.05, 0.1) is 0 Å². The summed E-state index contributed by atoms with van der Waals surface area (Å²) in [4.78, 5) is 0. The zero-order valence-corrected chi connectivity index (χ0v) is 62.0. The van der Waals surface area contributed by atoms with Crippen molar-refractivity contribution in [3.63, 3.8) is 0 Å². The van der Waals surface area contributed by atoms with Crippen molar-refractivity contribution >= 4 is 161 Å². The second kappa shape index (κ2) is 31.3. The van der Waals surface area contributed by atoms with Gasteiger partial charge in [0.2, 0.25) is 0 Å². The molecule has 0 aliphatic carbocycles. The molecular weight excluding hydrogens is 1170 g/mol. The number of nitrogens with zero attached hydrogens (tertiary/aromatic N) is 2. The van der Waals surface area contributed by atoms with Gasteiger partial charge in [-0.05, 0) is 60.3 Å². The van der Waals surface area contributed by atoms with Gasteiger partial charge in [-0.25, -0.2) is 0 Å². The molecule has 0 spiro atoms. The third-order valence-electron chi connectivity index (χ3n) is 12.5. The molecule has 2 N–H and O–H groups in total. The van der Waals surface area contributed by atoms with Crippen LogP contribution in [0.4, 0.5) is 0 Å². The van der Waals surface area contributed by atoms with Crippen LogP contribution in [0.5, 0.6) is 0 Å². The van der Waals surface area contributed by atoms with E-state index in [0.29, 0.717) is 0 Å². The molecule has 9 rings (SSSR count). The fraction of sp³-hybridized carbons (Fsp3) is 0.188. The first-order chi connectivity index (χ1) is 38.5. The fourth-order valence-electron chi connectivity index (χ4n) is 9.70. The molecule has 9 aromatic rings. The Kier molecular flexibility index (Phi) is 26.5. The van der Waals surface area contributed by atoms with E-state index in [9.17, 15) is 0 Å². The predicted octanol–water partition coefficient (Wildman–Crippen LogP) is 13.6. The number of benzene rings is 9. The van der Waals surface area contributed by atoms with Crippen LogP contribution in [0.15, 0.2) is 273 Å². The average molecular weight is 1260 g/mol. The molecule has 4 nitrogen and oxygen atoms in total. The molecule has 9 aromatic carbocycles. The molecule has 0 saturated carbocycles. The standard InChI is InChI=1S/2C31H38N2P2Si2.C7H8.2Mg/c2*1-36(2,3)32-34(28-19-11-7-12-20-28,29-21-13-8-14-22-29)27-35(33-37(4,5)6,30-23-15-9-16-24-30)31-25-17-10-18-26-31;1-7-5-3-2-4-6-7;;/h2*7-26H,1-6H3;2-6H,1H3;;/q2*-2;;2*+2/p+2. The molecule has 0 fully saturated rings. The van der Waals surface area contributed by atoms with E-state index in [4.69, 9.17) is 9.51 Å². The van der Waals surface area contributed by atoms with Gasteiger partial charge in [-0.3, -0.25) is 0 Å². The zero-order chi connectivity index (χ0) is 58.3. The third kappa shape index (κ3) is 19.7. The minimum absolute atomic E-state index is 0. The number of hydrogen-bond acceptors (Lipinski definition) is 0. The maximum atomic E-state index is 5.89. The van der Waals surface area contributed by atoms with Gasteiger partial charge >= 0.3 is 62.6 Å². The van der Waals surface area contributed by atoms with Crippen LogP contribution in [-0.4, -0.2) is 90.1 Å². The van der Waals surface area contributed by atoms with Crippen LogP contribution < -0.4 is 51.3 Å². The van der Waals surface area contributed by atoms with Crippen molar-refractivity contribution in [2.45, 2.75) is 85.5 Å². The predicted molar refractivity (Wildman–Crippen MR) is 391 cm³/mol. The molecule has 0 heterocycles. The normalized spacial score (nSPS) is 12.1. The van der Waals surface area contributed by atoms with E-state index in [1.807, 2.05) is 18.2 Å². The zero-order valence-electron chi connectivity index (χ0n) is 51.6. The van der Waals surface area contributed by atoms with Crippen LogP contribution in [0.25, 0.3) is 9.51 Å². The first kappa shape index (κ1) is 70.1. The molecule has 0 aliphatic heterocycles. The minimum atomic E-state index is -2.42. The molecule has 0 radical (unpaired) electrons. The smallest absolute Gasteiger partial charge is 0.658 e. The largest absolute Gasteiger partial charge is 2.00 e. The first-order valence-electron chi connectivity index (χ1n) is 28.2. The van der Waals surface area contributed by atoms with Crippen molar-refractivity contribution in [1.82, 2.24) is 0 Å². The first-order valence-corrected chi connectivity index (χ1v) is 49.1. The van der Waals surface area contributed by atoms with Gasteiger partial charge in [0.25, 0.3) is 0 Å². The van der Waals surface area contributed by atoms with Crippen molar-refractivity contribution in [2.75, 3.05) is 0 Å². The van der Waals surface area contributed by atoms with E-state index in [1.165, 1.54) is 48.0 Å². The molecule has 0 unspecified atom stereocenters. The van der Waals surface area contributed by atoms with E-state index in [1.54, 1.807) is 0 Å². The Balaban J connectivity index is 0.000000266. The molecule has 14 heteroatoms. The summed E-state index contributed by atoms with van der Waals surface area (Å²) in [5, 5.41) is 10.3. The molecule has 0 atom stereocenters. The van der Waals surface area contributed by atoms with Gasteiger partial charge in [-0.15, -0.1) is 0 Å². The summed E-state index contributed by atoms with van der Waals surface area (Å²) < 4.78 is 20.4. The van der Waals surface area contributed by atoms with Crippen molar-refractivity contribution in [3.05, 3.63) is 288 Å².